The molecule has 0 amide bonds. The molecule has 0 bridgehead atoms. The first-order valence-electron chi connectivity index (χ1n) is 6.23. The number of pyridine rings is 1. The van der Waals surface area contributed by atoms with E-state index in [0.29, 0.717) is 5.82 Å². The summed E-state index contributed by atoms with van der Waals surface area (Å²) in [6.45, 7) is 3.31. The van der Waals surface area contributed by atoms with E-state index < -0.39 is 0 Å². The molecule has 102 valence electrons. The van der Waals surface area contributed by atoms with Crippen LogP contribution >= 0.6 is 0 Å². The van der Waals surface area contributed by atoms with Gasteiger partial charge in [-0.2, -0.15) is 0 Å². The highest BCUT2D eigenvalue weighted by molar-refractivity contribution is 5.92. The average Bonchev–Trinajstić information content (AvgIpc) is 2.41. The molecule has 3 nitrogen and oxygen atoms in total. The van der Waals surface area contributed by atoms with Gasteiger partial charge in [-0.1, -0.05) is 0 Å². The molecule has 0 aliphatic heterocycles. The molecule has 0 fully saturated rings. The third-order valence-corrected chi connectivity index (χ3v) is 2.78. The van der Waals surface area contributed by atoms with Gasteiger partial charge in [0.2, 0.25) is 0 Å². The van der Waals surface area contributed by atoms with Gasteiger partial charge in [0, 0.05) is 17.4 Å². The molecule has 20 heavy (non-hydrogen) atoms. The van der Waals surface area contributed by atoms with Crippen molar-refractivity contribution >= 4 is 23.4 Å². The van der Waals surface area contributed by atoms with Crippen LogP contribution in [-0.4, -0.2) is 10.8 Å². The van der Waals surface area contributed by atoms with Crippen molar-refractivity contribution in [3.63, 3.8) is 0 Å². The fourth-order valence-corrected chi connectivity index (χ4v) is 1.76. The molecule has 2 rings (SSSR count). The highest BCUT2D eigenvalue weighted by atomic mass is 19.1. The van der Waals surface area contributed by atoms with Gasteiger partial charge in [-0.3, -0.25) is 4.79 Å². The summed E-state index contributed by atoms with van der Waals surface area (Å²) in [5.41, 5.74) is 2.37. The first-order chi connectivity index (χ1) is 9.56. The van der Waals surface area contributed by atoms with E-state index in [4.69, 9.17) is 0 Å². The number of nitrogens with one attached hydrogen (secondary N) is 1. The van der Waals surface area contributed by atoms with Gasteiger partial charge >= 0.3 is 0 Å². The van der Waals surface area contributed by atoms with E-state index in [1.165, 1.54) is 25.1 Å². The maximum Gasteiger partial charge on any atom is 0.152 e. The third kappa shape index (κ3) is 3.51. The van der Waals surface area contributed by atoms with Crippen LogP contribution in [0, 0.1) is 12.7 Å². The van der Waals surface area contributed by atoms with E-state index in [2.05, 4.69) is 10.3 Å². The molecule has 1 heterocycles. The number of aryl methyl sites for hydroxylation is 1. The van der Waals surface area contributed by atoms with E-state index in [1.807, 2.05) is 13.0 Å². The Morgan fingerprint density at radius 3 is 2.85 bits per heavy atom. The molecule has 2 aromatic rings. The van der Waals surface area contributed by atoms with Gasteiger partial charge in [-0.15, -0.1) is 0 Å². The first kappa shape index (κ1) is 13.9. The van der Waals surface area contributed by atoms with Crippen molar-refractivity contribution in [2.45, 2.75) is 13.8 Å². The number of carbonyl (C=O) groups excluding carboxylic acids is 1. The molecule has 0 saturated carbocycles. The zero-order valence-electron chi connectivity index (χ0n) is 11.4. The SMILES string of the molecule is CC(=O)/C=C/c1cccnc1Nc1ccc(F)cc1C. The highest BCUT2D eigenvalue weighted by Gasteiger charge is 2.04. The number of anilines is 2. The number of nitrogens with zero attached hydrogens (tertiary/aromatic N) is 1. The summed E-state index contributed by atoms with van der Waals surface area (Å²) in [6.07, 6.45) is 4.85. The highest BCUT2D eigenvalue weighted by Crippen LogP contribution is 2.23. The van der Waals surface area contributed by atoms with Crippen LogP contribution in [-0.2, 0) is 4.79 Å². The molecule has 0 aliphatic rings. The zero-order chi connectivity index (χ0) is 14.5. The van der Waals surface area contributed by atoms with Gasteiger partial charge in [0.05, 0.1) is 0 Å². The second kappa shape index (κ2) is 6.10. The maximum absolute atomic E-state index is 13.1. The van der Waals surface area contributed by atoms with Crippen molar-refractivity contribution < 1.29 is 9.18 Å². The molecule has 0 unspecified atom stereocenters. The zero-order valence-corrected chi connectivity index (χ0v) is 11.4. The number of carbonyl (C=O) groups is 1. The van der Waals surface area contributed by atoms with E-state index in [9.17, 15) is 9.18 Å². The summed E-state index contributed by atoms with van der Waals surface area (Å²) >= 11 is 0. The van der Waals surface area contributed by atoms with Gasteiger partial charge in [-0.25, -0.2) is 9.37 Å². The normalized spacial score (nSPS) is 10.8. The third-order valence-electron chi connectivity index (χ3n) is 2.78. The largest absolute Gasteiger partial charge is 0.340 e. The molecule has 1 N–H and O–H groups in total. The minimum absolute atomic E-state index is 0.0298. The Balaban J connectivity index is 2.31. The van der Waals surface area contributed by atoms with Gasteiger partial charge in [0.25, 0.3) is 0 Å². The summed E-state index contributed by atoms with van der Waals surface area (Å²) in [6, 6.07) is 8.16. The number of ketones is 1. The minimum Gasteiger partial charge on any atom is -0.340 e. The molecule has 4 heteroatoms. The number of benzene rings is 1. The lowest BCUT2D eigenvalue weighted by molar-refractivity contribution is -0.112. The van der Waals surface area contributed by atoms with E-state index in [0.717, 1.165) is 16.8 Å². The van der Waals surface area contributed by atoms with Crippen LogP contribution in [0.2, 0.25) is 0 Å². The number of hydrogen-bond donors (Lipinski definition) is 1. The van der Waals surface area contributed by atoms with Crippen LogP contribution in [0.4, 0.5) is 15.9 Å². The fourth-order valence-electron chi connectivity index (χ4n) is 1.76. The molecular weight excluding hydrogens is 255 g/mol. The molecule has 0 atom stereocenters. The standard InChI is InChI=1S/C16H15FN2O/c1-11-10-14(17)7-8-15(11)19-16-13(4-3-9-18-16)6-5-12(2)20/h3-10H,1-2H3,(H,18,19)/b6-5+. The second-order valence-corrected chi connectivity index (χ2v) is 4.47. The van der Waals surface area contributed by atoms with Gasteiger partial charge in [-0.05, 0) is 61.9 Å². The van der Waals surface area contributed by atoms with Crippen molar-refractivity contribution in [2.24, 2.45) is 0 Å². The summed E-state index contributed by atoms with van der Waals surface area (Å²) in [5.74, 6) is 0.322. The number of allylic oxidation sites excluding steroid dienone is 1. The van der Waals surface area contributed by atoms with Crippen LogP contribution in [0.25, 0.3) is 6.08 Å². The Kier molecular flexibility index (Phi) is 4.25. The molecule has 0 radical (unpaired) electrons. The Bertz CT molecular complexity index is 665. The van der Waals surface area contributed by atoms with Crippen molar-refractivity contribution in [1.82, 2.24) is 4.98 Å². The van der Waals surface area contributed by atoms with Crippen LogP contribution in [0.15, 0.2) is 42.6 Å². The summed E-state index contributed by atoms with van der Waals surface area (Å²) in [7, 11) is 0. The lowest BCUT2D eigenvalue weighted by Crippen LogP contribution is -1.98. The Hall–Kier alpha value is -2.49. The predicted molar refractivity (Wildman–Crippen MR) is 78.4 cm³/mol. The van der Waals surface area contributed by atoms with Crippen molar-refractivity contribution in [3.05, 3.63) is 59.5 Å². The topological polar surface area (TPSA) is 42.0 Å². The summed E-state index contributed by atoms with van der Waals surface area (Å²) < 4.78 is 13.1. The van der Waals surface area contributed by atoms with E-state index in [1.54, 1.807) is 24.4 Å². The Morgan fingerprint density at radius 1 is 1.35 bits per heavy atom. The molecule has 0 spiro atoms. The van der Waals surface area contributed by atoms with Crippen molar-refractivity contribution in [2.75, 3.05) is 5.32 Å². The fraction of sp³-hybridized carbons (Fsp3) is 0.125. The van der Waals surface area contributed by atoms with Gasteiger partial charge in [0.1, 0.15) is 11.6 Å². The second-order valence-electron chi connectivity index (χ2n) is 4.47. The molecular formula is C16H15FN2O. The monoisotopic (exact) mass is 270 g/mol. The van der Waals surface area contributed by atoms with E-state index >= 15 is 0 Å². The molecule has 1 aromatic heterocycles. The number of aromatic nitrogens is 1. The Morgan fingerprint density at radius 2 is 2.15 bits per heavy atom. The average molecular weight is 270 g/mol. The predicted octanol–water partition coefficient (Wildman–Crippen LogP) is 3.87. The van der Waals surface area contributed by atoms with Crippen LogP contribution in [0.5, 0.6) is 0 Å². The van der Waals surface area contributed by atoms with Crippen LogP contribution in [0.3, 0.4) is 0 Å². The first-order valence-corrected chi connectivity index (χ1v) is 6.23. The van der Waals surface area contributed by atoms with Crippen molar-refractivity contribution in [3.8, 4) is 0 Å². The minimum atomic E-state index is -0.272. The number of halogens is 1. The molecule has 0 saturated heterocycles. The van der Waals surface area contributed by atoms with Gasteiger partial charge in [0.15, 0.2) is 5.78 Å². The maximum atomic E-state index is 13.1. The molecule has 1 aromatic carbocycles. The number of rotatable bonds is 4. The lowest BCUT2D eigenvalue weighted by atomic mass is 10.1. The molecule has 0 aliphatic carbocycles. The Labute approximate surface area is 117 Å². The van der Waals surface area contributed by atoms with Crippen LogP contribution in [0.1, 0.15) is 18.1 Å². The van der Waals surface area contributed by atoms with Gasteiger partial charge < -0.3 is 5.32 Å². The smallest absolute Gasteiger partial charge is 0.152 e. The van der Waals surface area contributed by atoms with Crippen LogP contribution < -0.4 is 5.32 Å². The quantitative estimate of drug-likeness (QED) is 0.857. The van der Waals surface area contributed by atoms with E-state index in [-0.39, 0.29) is 11.6 Å². The lowest BCUT2D eigenvalue weighted by Gasteiger charge is -2.11. The van der Waals surface area contributed by atoms with Crippen molar-refractivity contribution in [1.29, 1.82) is 0 Å². The summed E-state index contributed by atoms with van der Waals surface area (Å²) in [5, 5.41) is 3.15. The summed E-state index contributed by atoms with van der Waals surface area (Å²) in [4.78, 5) is 15.3. The number of hydrogen-bond acceptors (Lipinski definition) is 3.